The van der Waals surface area contributed by atoms with Gasteiger partial charge in [-0.3, -0.25) is 0 Å². The van der Waals surface area contributed by atoms with Gasteiger partial charge in [0.2, 0.25) is 5.88 Å². The minimum atomic E-state index is 0.239. The molecular weight excluding hydrogens is 274 g/mol. The molecule has 0 bridgehead atoms. The van der Waals surface area contributed by atoms with Crippen LogP contribution in [0.5, 0.6) is 11.6 Å². The highest BCUT2D eigenvalue weighted by atomic mass is 35.5. The number of nitrogens with zero attached hydrogens (tertiary/aromatic N) is 2. The number of halogens is 1. The fraction of sp³-hybridized carbons (Fsp3) is 0.333. The molecule has 0 aliphatic heterocycles. The second kappa shape index (κ2) is 6.57. The fourth-order valence-corrected chi connectivity index (χ4v) is 2.10. The molecule has 4 nitrogen and oxygen atoms in total. The summed E-state index contributed by atoms with van der Waals surface area (Å²) in [5.41, 5.74) is 0.953. The molecule has 0 saturated carbocycles. The molecule has 0 aliphatic rings. The lowest BCUT2D eigenvalue weighted by Gasteiger charge is -2.16. The molecule has 0 amide bonds. The van der Waals surface area contributed by atoms with Gasteiger partial charge in [-0.25, -0.2) is 9.97 Å². The Morgan fingerprint density at radius 3 is 2.65 bits per heavy atom. The zero-order valence-electron chi connectivity index (χ0n) is 11.9. The van der Waals surface area contributed by atoms with Crippen LogP contribution in [-0.4, -0.2) is 16.5 Å². The van der Waals surface area contributed by atoms with E-state index in [0.717, 1.165) is 17.9 Å². The zero-order chi connectivity index (χ0) is 14.5. The first-order valence-corrected chi connectivity index (χ1v) is 7.02. The van der Waals surface area contributed by atoms with Crippen molar-refractivity contribution in [3.05, 3.63) is 41.2 Å². The average Bonchev–Trinajstić information content (AvgIpc) is 2.41. The van der Waals surface area contributed by atoms with Gasteiger partial charge >= 0.3 is 0 Å². The summed E-state index contributed by atoms with van der Waals surface area (Å²) in [5.74, 6) is 2.18. The summed E-state index contributed by atoms with van der Waals surface area (Å²) in [6, 6.07) is 7.35. The van der Waals surface area contributed by atoms with E-state index in [2.05, 4.69) is 29.1 Å². The van der Waals surface area contributed by atoms with E-state index in [1.165, 1.54) is 6.33 Å². The van der Waals surface area contributed by atoms with Crippen molar-refractivity contribution >= 4 is 17.4 Å². The largest absolute Gasteiger partial charge is 0.437 e. The molecule has 20 heavy (non-hydrogen) atoms. The Morgan fingerprint density at radius 1 is 1.25 bits per heavy atom. The van der Waals surface area contributed by atoms with E-state index >= 15 is 0 Å². The van der Waals surface area contributed by atoms with E-state index in [9.17, 15) is 0 Å². The normalized spacial score (nSPS) is 10.7. The molecule has 1 heterocycles. The number of ether oxygens (including phenoxy) is 1. The van der Waals surface area contributed by atoms with Crippen molar-refractivity contribution in [2.45, 2.75) is 26.7 Å². The molecule has 1 N–H and O–H groups in total. The van der Waals surface area contributed by atoms with Crippen molar-refractivity contribution in [2.75, 3.05) is 11.9 Å². The van der Waals surface area contributed by atoms with Crippen molar-refractivity contribution in [1.29, 1.82) is 0 Å². The molecule has 0 fully saturated rings. The van der Waals surface area contributed by atoms with Gasteiger partial charge in [-0.15, -0.1) is 0 Å². The van der Waals surface area contributed by atoms with E-state index in [1.54, 1.807) is 6.07 Å². The third-order valence-electron chi connectivity index (χ3n) is 2.81. The van der Waals surface area contributed by atoms with Gasteiger partial charge in [0.05, 0.1) is 10.6 Å². The minimum Gasteiger partial charge on any atom is -0.437 e. The van der Waals surface area contributed by atoms with Crippen LogP contribution in [0.4, 0.5) is 5.82 Å². The van der Waals surface area contributed by atoms with Crippen molar-refractivity contribution in [2.24, 2.45) is 0 Å². The summed E-state index contributed by atoms with van der Waals surface area (Å²) in [6.07, 6.45) is 1.50. The monoisotopic (exact) mass is 291 g/mol. The van der Waals surface area contributed by atoms with E-state index < -0.39 is 0 Å². The highest BCUT2D eigenvalue weighted by Crippen LogP contribution is 2.35. The number of nitrogens with one attached hydrogen (secondary N) is 1. The minimum absolute atomic E-state index is 0.239. The number of para-hydroxylation sites is 1. The van der Waals surface area contributed by atoms with E-state index in [0.29, 0.717) is 16.7 Å². The number of rotatable bonds is 5. The summed E-state index contributed by atoms with van der Waals surface area (Å²) in [7, 11) is 0. The van der Waals surface area contributed by atoms with E-state index in [4.69, 9.17) is 16.3 Å². The molecule has 1 aromatic carbocycles. The third kappa shape index (κ3) is 3.20. The molecule has 1 aromatic heterocycles. The van der Waals surface area contributed by atoms with Crippen molar-refractivity contribution in [3.63, 3.8) is 0 Å². The standard InChI is InChI=1S/C15H18ClN3O/c1-4-17-14-13(10(2)3)15(19-9-18-14)20-12-8-6-5-7-11(12)16/h5-10H,4H2,1-3H3,(H,17,18,19). The summed E-state index contributed by atoms with van der Waals surface area (Å²) < 4.78 is 5.87. The van der Waals surface area contributed by atoms with Crippen LogP contribution in [0.2, 0.25) is 5.02 Å². The van der Waals surface area contributed by atoms with Gasteiger partial charge in [0, 0.05) is 6.54 Å². The molecule has 0 aliphatic carbocycles. The highest BCUT2D eigenvalue weighted by molar-refractivity contribution is 6.32. The molecule has 0 unspecified atom stereocenters. The molecule has 2 aromatic rings. The zero-order valence-corrected chi connectivity index (χ0v) is 12.6. The first kappa shape index (κ1) is 14.6. The van der Waals surface area contributed by atoms with Crippen LogP contribution in [-0.2, 0) is 0 Å². The average molecular weight is 292 g/mol. The maximum atomic E-state index is 6.12. The predicted octanol–water partition coefficient (Wildman–Crippen LogP) is 4.48. The van der Waals surface area contributed by atoms with Crippen LogP contribution < -0.4 is 10.1 Å². The molecule has 0 saturated heterocycles. The van der Waals surface area contributed by atoms with Crippen LogP contribution in [0.15, 0.2) is 30.6 Å². The highest BCUT2D eigenvalue weighted by Gasteiger charge is 2.17. The quantitative estimate of drug-likeness (QED) is 0.882. The van der Waals surface area contributed by atoms with Gasteiger partial charge < -0.3 is 10.1 Å². The number of aromatic nitrogens is 2. The third-order valence-corrected chi connectivity index (χ3v) is 3.12. The van der Waals surface area contributed by atoms with Crippen LogP contribution in [0.3, 0.4) is 0 Å². The second-order valence-electron chi connectivity index (χ2n) is 4.66. The lowest BCUT2D eigenvalue weighted by molar-refractivity contribution is 0.452. The number of hydrogen-bond acceptors (Lipinski definition) is 4. The van der Waals surface area contributed by atoms with Crippen LogP contribution in [0.1, 0.15) is 32.3 Å². The Morgan fingerprint density at radius 2 is 2.00 bits per heavy atom. The molecule has 0 spiro atoms. The Labute approximate surface area is 124 Å². The summed E-state index contributed by atoms with van der Waals surface area (Å²) in [6.45, 7) is 6.99. The molecule has 106 valence electrons. The van der Waals surface area contributed by atoms with Gasteiger partial charge in [0.25, 0.3) is 0 Å². The topological polar surface area (TPSA) is 47.0 Å². The van der Waals surface area contributed by atoms with Gasteiger partial charge in [-0.2, -0.15) is 0 Å². The number of benzene rings is 1. The SMILES string of the molecule is CCNc1ncnc(Oc2ccccc2Cl)c1C(C)C. The Balaban J connectivity index is 2.41. The lowest BCUT2D eigenvalue weighted by atomic mass is 10.1. The first-order chi connectivity index (χ1) is 9.63. The van der Waals surface area contributed by atoms with E-state index in [1.807, 2.05) is 25.1 Å². The van der Waals surface area contributed by atoms with Crippen LogP contribution in [0.25, 0.3) is 0 Å². The number of anilines is 1. The number of hydrogen-bond donors (Lipinski definition) is 1. The van der Waals surface area contributed by atoms with Crippen molar-refractivity contribution < 1.29 is 4.74 Å². The molecule has 0 radical (unpaired) electrons. The Hall–Kier alpha value is -1.81. The molecular formula is C15H18ClN3O. The summed E-state index contributed by atoms with van der Waals surface area (Å²) >= 11 is 6.12. The summed E-state index contributed by atoms with van der Waals surface area (Å²) in [5, 5.41) is 3.80. The Bertz CT molecular complexity index is 587. The molecule has 2 rings (SSSR count). The van der Waals surface area contributed by atoms with E-state index in [-0.39, 0.29) is 5.92 Å². The second-order valence-corrected chi connectivity index (χ2v) is 5.07. The first-order valence-electron chi connectivity index (χ1n) is 6.64. The Kier molecular flexibility index (Phi) is 4.79. The van der Waals surface area contributed by atoms with Crippen LogP contribution in [0, 0.1) is 0 Å². The molecule has 0 atom stereocenters. The summed E-state index contributed by atoms with van der Waals surface area (Å²) in [4.78, 5) is 8.53. The maximum absolute atomic E-state index is 6.12. The maximum Gasteiger partial charge on any atom is 0.227 e. The fourth-order valence-electron chi connectivity index (χ4n) is 1.92. The van der Waals surface area contributed by atoms with Crippen molar-refractivity contribution in [1.82, 2.24) is 9.97 Å². The van der Waals surface area contributed by atoms with Crippen LogP contribution >= 0.6 is 11.6 Å². The van der Waals surface area contributed by atoms with Gasteiger partial charge in [0.1, 0.15) is 17.9 Å². The molecule has 5 heteroatoms. The van der Waals surface area contributed by atoms with Gasteiger partial charge in [-0.1, -0.05) is 37.6 Å². The lowest BCUT2D eigenvalue weighted by Crippen LogP contribution is -2.07. The van der Waals surface area contributed by atoms with Gasteiger partial charge in [-0.05, 0) is 25.0 Å². The van der Waals surface area contributed by atoms with Crippen molar-refractivity contribution in [3.8, 4) is 11.6 Å². The van der Waals surface area contributed by atoms with Gasteiger partial charge in [0.15, 0.2) is 0 Å². The smallest absolute Gasteiger partial charge is 0.227 e. The predicted molar refractivity (Wildman–Crippen MR) is 81.8 cm³/mol.